The molecule has 36 heavy (non-hydrogen) atoms. The molecule has 1 unspecified atom stereocenters. The van der Waals surface area contributed by atoms with E-state index in [4.69, 9.17) is 0 Å². The molecule has 0 N–H and O–H groups in total. The van der Waals surface area contributed by atoms with E-state index in [0.717, 1.165) is 48.3 Å². The van der Waals surface area contributed by atoms with Crippen molar-refractivity contribution in [3.63, 3.8) is 0 Å². The molecule has 1 atom stereocenters. The number of aromatic nitrogens is 4. The van der Waals surface area contributed by atoms with Gasteiger partial charge in [-0.15, -0.1) is 10.2 Å². The summed E-state index contributed by atoms with van der Waals surface area (Å²) in [6, 6.07) is 25.0. The molecule has 8 heteroatoms. The van der Waals surface area contributed by atoms with E-state index >= 15 is 0 Å². The largest absolute Gasteiger partial charge is 0.339 e. The van der Waals surface area contributed by atoms with Gasteiger partial charge in [0.15, 0.2) is 11.0 Å². The highest BCUT2D eigenvalue weighted by Crippen LogP contribution is 2.26. The Kier molecular flexibility index (Phi) is 7.73. The molecule has 0 bridgehead atoms. The molecule has 0 saturated carbocycles. The van der Waals surface area contributed by atoms with Crippen molar-refractivity contribution in [3.05, 3.63) is 96.3 Å². The third-order valence-corrected chi connectivity index (χ3v) is 7.61. The molecule has 5 rings (SSSR count). The third kappa shape index (κ3) is 5.66. The van der Waals surface area contributed by atoms with Gasteiger partial charge in [-0.1, -0.05) is 72.4 Å². The average Bonchev–Trinajstić information content (AvgIpc) is 3.35. The van der Waals surface area contributed by atoms with Crippen LogP contribution in [0.1, 0.15) is 24.1 Å². The molecule has 0 spiro atoms. The summed E-state index contributed by atoms with van der Waals surface area (Å²) in [6.45, 7) is 6.12. The minimum Gasteiger partial charge on any atom is -0.339 e. The molecular formula is C28H30N6OS. The molecule has 2 aromatic carbocycles. The van der Waals surface area contributed by atoms with Crippen molar-refractivity contribution in [1.29, 1.82) is 0 Å². The van der Waals surface area contributed by atoms with Gasteiger partial charge in [-0.3, -0.25) is 19.2 Å². The van der Waals surface area contributed by atoms with Gasteiger partial charge in [0, 0.05) is 50.2 Å². The van der Waals surface area contributed by atoms with Gasteiger partial charge < -0.3 is 4.90 Å². The molecule has 1 saturated heterocycles. The van der Waals surface area contributed by atoms with Gasteiger partial charge in [-0.2, -0.15) is 0 Å². The summed E-state index contributed by atoms with van der Waals surface area (Å²) < 4.78 is 2.09. The fourth-order valence-corrected chi connectivity index (χ4v) is 5.38. The SMILES string of the molecule is CC(c1ccccc1)N1CCN(C(=O)CSc2nnc(-c3ccncc3)n2Cc2ccccc2)CC1. The number of pyridine rings is 1. The van der Waals surface area contributed by atoms with E-state index in [0.29, 0.717) is 18.3 Å². The van der Waals surface area contributed by atoms with Crippen LogP contribution in [0.4, 0.5) is 0 Å². The maximum atomic E-state index is 13.1. The second kappa shape index (κ2) is 11.5. The number of piperazine rings is 1. The molecule has 4 aromatic rings. The fraction of sp³-hybridized carbons (Fsp3) is 0.286. The quantitative estimate of drug-likeness (QED) is 0.336. The zero-order valence-electron chi connectivity index (χ0n) is 20.4. The Balaban J connectivity index is 1.23. The van der Waals surface area contributed by atoms with Crippen molar-refractivity contribution in [1.82, 2.24) is 29.5 Å². The van der Waals surface area contributed by atoms with Gasteiger partial charge in [-0.25, -0.2) is 0 Å². The molecule has 1 fully saturated rings. The Hall–Kier alpha value is -3.49. The number of hydrogen-bond donors (Lipinski definition) is 0. The standard InChI is InChI=1S/C28H30N6OS/c1-22(24-10-6-3-7-11-24)32-16-18-33(19-17-32)26(35)21-36-28-31-30-27(25-12-14-29-15-13-25)34(28)20-23-8-4-2-5-9-23/h2-15,22H,16-21H2,1H3. The molecule has 1 aliphatic rings. The summed E-state index contributed by atoms with van der Waals surface area (Å²) in [5.41, 5.74) is 3.43. The third-order valence-electron chi connectivity index (χ3n) is 6.66. The molecule has 1 amide bonds. The summed E-state index contributed by atoms with van der Waals surface area (Å²) in [7, 11) is 0. The number of amides is 1. The monoisotopic (exact) mass is 498 g/mol. The lowest BCUT2D eigenvalue weighted by Gasteiger charge is -2.38. The van der Waals surface area contributed by atoms with Crippen LogP contribution in [0.25, 0.3) is 11.4 Å². The first-order valence-corrected chi connectivity index (χ1v) is 13.2. The van der Waals surface area contributed by atoms with E-state index in [1.165, 1.54) is 17.3 Å². The van der Waals surface area contributed by atoms with Gasteiger partial charge in [-0.05, 0) is 30.2 Å². The van der Waals surface area contributed by atoms with E-state index in [-0.39, 0.29) is 5.91 Å². The van der Waals surface area contributed by atoms with Gasteiger partial charge in [0.05, 0.1) is 12.3 Å². The van der Waals surface area contributed by atoms with Gasteiger partial charge >= 0.3 is 0 Å². The summed E-state index contributed by atoms with van der Waals surface area (Å²) in [4.78, 5) is 21.6. The second-order valence-electron chi connectivity index (χ2n) is 8.91. The van der Waals surface area contributed by atoms with Crippen molar-refractivity contribution in [2.24, 2.45) is 0 Å². The second-order valence-corrected chi connectivity index (χ2v) is 9.85. The Morgan fingerprint density at radius 1 is 0.889 bits per heavy atom. The van der Waals surface area contributed by atoms with Gasteiger partial charge in [0.2, 0.25) is 5.91 Å². The number of hydrogen-bond acceptors (Lipinski definition) is 6. The van der Waals surface area contributed by atoms with E-state index in [1.807, 2.05) is 41.3 Å². The lowest BCUT2D eigenvalue weighted by atomic mass is 10.1. The highest BCUT2D eigenvalue weighted by molar-refractivity contribution is 7.99. The number of benzene rings is 2. The first-order valence-electron chi connectivity index (χ1n) is 12.3. The van der Waals surface area contributed by atoms with E-state index in [1.54, 1.807) is 12.4 Å². The number of carbonyl (C=O) groups is 1. The van der Waals surface area contributed by atoms with Gasteiger partial charge in [0.1, 0.15) is 0 Å². The molecule has 184 valence electrons. The lowest BCUT2D eigenvalue weighted by molar-refractivity contribution is -0.130. The van der Waals surface area contributed by atoms with E-state index < -0.39 is 0 Å². The van der Waals surface area contributed by atoms with Crippen LogP contribution in [-0.4, -0.2) is 67.4 Å². The zero-order chi connectivity index (χ0) is 24.7. The predicted molar refractivity (Wildman–Crippen MR) is 143 cm³/mol. The van der Waals surface area contributed by atoms with E-state index in [9.17, 15) is 4.79 Å². The van der Waals surface area contributed by atoms with Crippen LogP contribution >= 0.6 is 11.8 Å². The average molecular weight is 499 g/mol. The topological polar surface area (TPSA) is 67.2 Å². The van der Waals surface area contributed by atoms with Crippen molar-refractivity contribution in [2.45, 2.75) is 24.7 Å². The first kappa shape index (κ1) is 24.2. The molecule has 0 aliphatic carbocycles. The van der Waals surface area contributed by atoms with Crippen LogP contribution in [0.15, 0.2) is 90.3 Å². The molecule has 3 heterocycles. The van der Waals surface area contributed by atoms with Crippen LogP contribution in [0, 0.1) is 0 Å². The Labute approximate surface area is 216 Å². The lowest BCUT2D eigenvalue weighted by Crippen LogP contribution is -2.49. The molecule has 0 radical (unpaired) electrons. The minimum atomic E-state index is 0.145. The number of nitrogens with zero attached hydrogens (tertiary/aromatic N) is 6. The summed E-state index contributed by atoms with van der Waals surface area (Å²) in [5, 5.41) is 9.66. The van der Waals surface area contributed by atoms with Crippen LogP contribution in [0.3, 0.4) is 0 Å². The van der Waals surface area contributed by atoms with Crippen LogP contribution in [-0.2, 0) is 11.3 Å². The van der Waals surface area contributed by atoms with E-state index in [2.05, 4.69) is 68.0 Å². The number of carbonyl (C=O) groups excluding carboxylic acids is 1. The molecule has 1 aliphatic heterocycles. The highest BCUT2D eigenvalue weighted by atomic mass is 32.2. The Bertz CT molecular complexity index is 1260. The van der Waals surface area contributed by atoms with Crippen molar-refractivity contribution >= 4 is 17.7 Å². The van der Waals surface area contributed by atoms with Crippen molar-refractivity contribution in [2.75, 3.05) is 31.9 Å². The molecule has 2 aromatic heterocycles. The number of rotatable bonds is 8. The van der Waals surface area contributed by atoms with Crippen LogP contribution in [0.2, 0.25) is 0 Å². The van der Waals surface area contributed by atoms with Crippen LogP contribution in [0.5, 0.6) is 0 Å². The Morgan fingerprint density at radius 3 is 2.25 bits per heavy atom. The van der Waals surface area contributed by atoms with Crippen molar-refractivity contribution < 1.29 is 4.79 Å². The number of thioether (sulfide) groups is 1. The molecular weight excluding hydrogens is 468 g/mol. The smallest absolute Gasteiger partial charge is 0.233 e. The predicted octanol–water partition coefficient (Wildman–Crippen LogP) is 4.39. The minimum absolute atomic E-state index is 0.145. The normalized spacial score (nSPS) is 15.1. The molecule has 7 nitrogen and oxygen atoms in total. The van der Waals surface area contributed by atoms with Crippen molar-refractivity contribution in [3.8, 4) is 11.4 Å². The maximum Gasteiger partial charge on any atom is 0.233 e. The first-order chi connectivity index (χ1) is 17.7. The Morgan fingerprint density at radius 2 is 1.56 bits per heavy atom. The fourth-order valence-electron chi connectivity index (χ4n) is 4.54. The highest BCUT2D eigenvalue weighted by Gasteiger charge is 2.25. The summed E-state index contributed by atoms with van der Waals surface area (Å²) in [5.74, 6) is 1.27. The summed E-state index contributed by atoms with van der Waals surface area (Å²) >= 11 is 1.46. The summed E-state index contributed by atoms with van der Waals surface area (Å²) in [6.07, 6.45) is 3.51. The van der Waals surface area contributed by atoms with Gasteiger partial charge in [0.25, 0.3) is 0 Å². The maximum absolute atomic E-state index is 13.1. The van der Waals surface area contributed by atoms with Crippen LogP contribution < -0.4 is 0 Å². The zero-order valence-corrected chi connectivity index (χ0v) is 21.2.